The van der Waals surface area contributed by atoms with Crippen LogP contribution in [-0.4, -0.2) is 11.8 Å². The van der Waals surface area contributed by atoms with E-state index in [1.807, 2.05) is 13.8 Å². The summed E-state index contributed by atoms with van der Waals surface area (Å²) in [6.45, 7) is 7.69. The highest BCUT2D eigenvalue weighted by atomic mass is 16.1. The van der Waals surface area contributed by atoms with Gasteiger partial charge in [-0.2, -0.15) is 0 Å². The number of hydrogen-bond acceptors (Lipinski definition) is 2. The van der Waals surface area contributed by atoms with Crippen LogP contribution in [0.4, 0.5) is 0 Å². The fourth-order valence-corrected chi connectivity index (χ4v) is 0.818. The zero-order valence-corrected chi connectivity index (χ0v) is 8.89. The van der Waals surface area contributed by atoms with Gasteiger partial charge in [-0.3, -0.25) is 4.79 Å². The first-order valence-corrected chi connectivity index (χ1v) is 4.94. The normalized spacial score (nSPS) is 11.4. The maximum Gasteiger partial charge on any atom is 0.146 e. The van der Waals surface area contributed by atoms with E-state index < -0.39 is 0 Å². The van der Waals surface area contributed by atoms with Crippen molar-refractivity contribution in [1.29, 1.82) is 0 Å². The molecular formula is C10H23NO. The molecule has 0 aromatic carbocycles. The molecule has 0 aliphatic carbocycles. The monoisotopic (exact) mass is 173 g/mol. The molecule has 12 heavy (non-hydrogen) atoms. The molecule has 0 rings (SSSR count). The van der Waals surface area contributed by atoms with Gasteiger partial charge >= 0.3 is 0 Å². The lowest BCUT2D eigenvalue weighted by Gasteiger charge is -2.05. The number of ketones is 1. The summed E-state index contributed by atoms with van der Waals surface area (Å²) >= 11 is 0. The maximum absolute atomic E-state index is 10.6. The number of carbonyl (C=O) groups is 1. The number of rotatable bonds is 5. The summed E-state index contributed by atoms with van der Waals surface area (Å²) in [4.78, 5) is 10.6. The summed E-state index contributed by atoms with van der Waals surface area (Å²) in [6, 6.07) is -0.216. The van der Waals surface area contributed by atoms with Crippen molar-refractivity contribution >= 4 is 5.78 Å². The maximum atomic E-state index is 10.6. The van der Waals surface area contributed by atoms with Gasteiger partial charge in [0.15, 0.2) is 0 Å². The van der Waals surface area contributed by atoms with Crippen LogP contribution < -0.4 is 5.73 Å². The van der Waals surface area contributed by atoms with Crippen molar-refractivity contribution in [1.82, 2.24) is 0 Å². The largest absolute Gasteiger partial charge is 0.322 e. The Balaban J connectivity index is 0. The molecule has 0 bridgehead atoms. The molecule has 0 aromatic heterocycles. The molecule has 2 heteroatoms. The van der Waals surface area contributed by atoms with Gasteiger partial charge in [-0.1, -0.05) is 40.0 Å². The summed E-state index contributed by atoms with van der Waals surface area (Å²) in [7, 11) is 0. The quantitative estimate of drug-likeness (QED) is 0.649. The van der Waals surface area contributed by atoms with Crippen molar-refractivity contribution in [3.8, 4) is 0 Å². The molecule has 0 spiro atoms. The van der Waals surface area contributed by atoms with E-state index in [1.54, 1.807) is 6.92 Å². The summed E-state index contributed by atoms with van der Waals surface area (Å²) < 4.78 is 0. The van der Waals surface area contributed by atoms with Gasteiger partial charge in [-0.05, 0) is 13.3 Å². The minimum absolute atomic E-state index is 0.108. The SMILES string of the molecule is CC.CCCCC[C@@H](N)C(C)=O. The van der Waals surface area contributed by atoms with E-state index >= 15 is 0 Å². The topological polar surface area (TPSA) is 43.1 Å². The van der Waals surface area contributed by atoms with Gasteiger partial charge in [0, 0.05) is 0 Å². The molecule has 74 valence electrons. The van der Waals surface area contributed by atoms with Crippen LogP contribution in [0.2, 0.25) is 0 Å². The lowest BCUT2D eigenvalue weighted by atomic mass is 10.1. The Morgan fingerprint density at radius 1 is 1.33 bits per heavy atom. The first kappa shape index (κ1) is 14.2. The molecule has 0 amide bonds. The van der Waals surface area contributed by atoms with Crippen molar-refractivity contribution in [2.45, 2.75) is 59.4 Å². The van der Waals surface area contributed by atoms with E-state index in [-0.39, 0.29) is 11.8 Å². The second-order valence-electron chi connectivity index (χ2n) is 2.71. The summed E-state index contributed by atoms with van der Waals surface area (Å²) in [5, 5.41) is 0. The highest BCUT2D eigenvalue weighted by molar-refractivity contribution is 5.80. The minimum Gasteiger partial charge on any atom is -0.322 e. The molecule has 2 nitrogen and oxygen atoms in total. The zero-order chi connectivity index (χ0) is 9.98. The smallest absolute Gasteiger partial charge is 0.146 e. The van der Waals surface area contributed by atoms with Crippen LogP contribution >= 0.6 is 0 Å². The van der Waals surface area contributed by atoms with Crippen LogP contribution in [-0.2, 0) is 4.79 Å². The van der Waals surface area contributed by atoms with Crippen LogP contribution in [0.3, 0.4) is 0 Å². The fraction of sp³-hybridized carbons (Fsp3) is 0.900. The summed E-state index contributed by atoms with van der Waals surface area (Å²) in [5.74, 6) is 0.108. The Labute approximate surface area is 76.5 Å². The van der Waals surface area contributed by atoms with Gasteiger partial charge in [0.1, 0.15) is 5.78 Å². The predicted molar refractivity (Wildman–Crippen MR) is 54.1 cm³/mol. The van der Waals surface area contributed by atoms with Crippen LogP contribution in [0.5, 0.6) is 0 Å². The Morgan fingerprint density at radius 3 is 2.17 bits per heavy atom. The minimum atomic E-state index is -0.216. The Bertz CT molecular complexity index is 102. The Morgan fingerprint density at radius 2 is 1.83 bits per heavy atom. The van der Waals surface area contributed by atoms with E-state index in [1.165, 1.54) is 12.8 Å². The number of Topliss-reactive ketones (excluding diaryl/α,β-unsaturated/α-hetero) is 1. The Kier molecular flexibility index (Phi) is 12.6. The van der Waals surface area contributed by atoms with Crippen molar-refractivity contribution in [2.24, 2.45) is 5.73 Å². The lowest BCUT2D eigenvalue weighted by Crippen LogP contribution is -2.27. The second kappa shape index (κ2) is 10.6. The van der Waals surface area contributed by atoms with Crippen LogP contribution in [0.25, 0.3) is 0 Å². The average Bonchev–Trinajstić information content (AvgIpc) is 2.08. The zero-order valence-electron chi connectivity index (χ0n) is 8.89. The number of nitrogens with two attached hydrogens (primary N) is 1. The van der Waals surface area contributed by atoms with Crippen LogP contribution in [0.1, 0.15) is 53.4 Å². The van der Waals surface area contributed by atoms with E-state index in [0.717, 1.165) is 12.8 Å². The molecule has 0 saturated heterocycles. The summed E-state index contributed by atoms with van der Waals surface area (Å²) in [5.41, 5.74) is 5.51. The average molecular weight is 173 g/mol. The molecule has 0 radical (unpaired) electrons. The third kappa shape index (κ3) is 9.63. The lowest BCUT2D eigenvalue weighted by molar-refractivity contribution is -0.118. The Hall–Kier alpha value is -0.370. The van der Waals surface area contributed by atoms with Crippen LogP contribution in [0.15, 0.2) is 0 Å². The molecule has 0 unspecified atom stereocenters. The number of unbranched alkanes of at least 4 members (excludes halogenated alkanes) is 2. The van der Waals surface area contributed by atoms with Crippen molar-refractivity contribution in [3.05, 3.63) is 0 Å². The number of carbonyl (C=O) groups excluding carboxylic acids is 1. The van der Waals surface area contributed by atoms with E-state index in [9.17, 15) is 4.79 Å². The molecular weight excluding hydrogens is 150 g/mol. The van der Waals surface area contributed by atoms with E-state index in [0.29, 0.717) is 0 Å². The first-order valence-electron chi connectivity index (χ1n) is 4.94. The molecule has 0 fully saturated rings. The van der Waals surface area contributed by atoms with E-state index in [2.05, 4.69) is 6.92 Å². The molecule has 0 aliphatic rings. The molecule has 0 saturated carbocycles. The molecule has 0 aromatic rings. The molecule has 2 N–H and O–H groups in total. The van der Waals surface area contributed by atoms with Gasteiger partial charge in [-0.25, -0.2) is 0 Å². The third-order valence-electron chi connectivity index (χ3n) is 1.64. The van der Waals surface area contributed by atoms with Gasteiger partial charge in [0.25, 0.3) is 0 Å². The van der Waals surface area contributed by atoms with Gasteiger partial charge in [-0.15, -0.1) is 0 Å². The second-order valence-corrected chi connectivity index (χ2v) is 2.71. The van der Waals surface area contributed by atoms with E-state index in [4.69, 9.17) is 5.73 Å². The highest BCUT2D eigenvalue weighted by Gasteiger charge is 2.05. The van der Waals surface area contributed by atoms with Gasteiger partial charge < -0.3 is 5.73 Å². The fourth-order valence-electron chi connectivity index (χ4n) is 0.818. The van der Waals surface area contributed by atoms with Crippen molar-refractivity contribution < 1.29 is 4.79 Å². The number of hydrogen-bond donors (Lipinski definition) is 1. The third-order valence-corrected chi connectivity index (χ3v) is 1.64. The molecule has 0 heterocycles. The summed E-state index contributed by atoms with van der Waals surface area (Å²) in [6.07, 6.45) is 4.30. The first-order chi connectivity index (χ1) is 5.68. The van der Waals surface area contributed by atoms with Gasteiger partial charge in [0.2, 0.25) is 0 Å². The molecule has 0 aliphatic heterocycles. The van der Waals surface area contributed by atoms with Crippen molar-refractivity contribution in [2.75, 3.05) is 0 Å². The highest BCUT2D eigenvalue weighted by Crippen LogP contribution is 2.01. The van der Waals surface area contributed by atoms with Gasteiger partial charge in [0.05, 0.1) is 6.04 Å². The molecule has 1 atom stereocenters. The predicted octanol–water partition coefficient (Wildman–Crippen LogP) is 2.51. The standard InChI is InChI=1S/C8H17NO.C2H6/c1-3-4-5-6-8(9)7(2)10;1-2/h8H,3-6,9H2,1-2H3;1-2H3/t8-;/m1./s1. The van der Waals surface area contributed by atoms with Crippen LogP contribution in [0, 0.1) is 0 Å². The van der Waals surface area contributed by atoms with Crippen molar-refractivity contribution in [3.63, 3.8) is 0 Å².